The first-order valence-electron chi connectivity index (χ1n) is 5.95. The third kappa shape index (κ3) is 2.74. The summed E-state index contributed by atoms with van der Waals surface area (Å²) < 4.78 is 1.69. The van der Waals surface area contributed by atoms with Crippen LogP contribution in [0.4, 0.5) is 0 Å². The van der Waals surface area contributed by atoms with Gasteiger partial charge in [-0.3, -0.25) is 4.79 Å². The number of carbonyl (C=O) groups excluding carboxylic acids is 1. The Bertz CT molecular complexity index is 504. The Kier molecular flexibility index (Phi) is 3.72. The summed E-state index contributed by atoms with van der Waals surface area (Å²) in [6.45, 7) is 3.81. The molecule has 1 heterocycles. The predicted octanol–water partition coefficient (Wildman–Crippen LogP) is 1.85. The molecule has 2 rings (SSSR count). The van der Waals surface area contributed by atoms with Crippen molar-refractivity contribution in [2.45, 2.75) is 26.3 Å². The van der Waals surface area contributed by atoms with Crippen molar-refractivity contribution in [1.82, 2.24) is 20.1 Å². The van der Waals surface area contributed by atoms with Crippen molar-refractivity contribution in [2.24, 2.45) is 0 Å². The molecule has 1 atom stereocenters. The van der Waals surface area contributed by atoms with Crippen LogP contribution in [0.25, 0.3) is 5.69 Å². The number of benzene rings is 1. The van der Waals surface area contributed by atoms with E-state index in [1.807, 2.05) is 38.1 Å². The van der Waals surface area contributed by atoms with Crippen LogP contribution in [-0.2, 0) is 4.79 Å². The van der Waals surface area contributed by atoms with Gasteiger partial charge in [0.1, 0.15) is 12.7 Å². The molecule has 1 aromatic heterocycles. The summed E-state index contributed by atoms with van der Waals surface area (Å²) in [6.07, 6.45) is 3.65. The van der Waals surface area contributed by atoms with Crippen molar-refractivity contribution in [3.63, 3.8) is 0 Å². The molecule has 2 aromatic rings. The maximum Gasteiger partial charge on any atom is 0.220 e. The quantitative estimate of drug-likeness (QED) is 0.893. The minimum Gasteiger partial charge on any atom is -0.350 e. The molecule has 1 aromatic carbocycles. The minimum atomic E-state index is 0.0160. The molecule has 94 valence electrons. The van der Waals surface area contributed by atoms with Crippen LogP contribution in [0.1, 0.15) is 31.9 Å². The summed E-state index contributed by atoms with van der Waals surface area (Å²) in [5.74, 6) is 0.0582. The molecule has 0 aliphatic heterocycles. The SMILES string of the molecule is CCC(=O)N[C@H](C)c1ccc(-n2cncn2)cc1. The summed E-state index contributed by atoms with van der Waals surface area (Å²) in [5.41, 5.74) is 2.02. The normalized spacial score (nSPS) is 12.1. The maximum absolute atomic E-state index is 11.3. The molecule has 0 aliphatic carbocycles. The summed E-state index contributed by atoms with van der Waals surface area (Å²) in [6, 6.07) is 7.90. The molecule has 0 spiro atoms. The van der Waals surface area contributed by atoms with E-state index in [2.05, 4.69) is 15.4 Å². The van der Waals surface area contributed by atoms with Crippen molar-refractivity contribution in [2.75, 3.05) is 0 Å². The van der Waals surface area contributed by atoms with Gasteiger partial charge in [0.05, 0.1) is 11.7 Å². The third-order valence-electron chi connectivity index (χ3n) is 2.77. The van der Waals surface area contributed by atoms with Crippen LogP contribution in [0.15, 0.2) is 36.9 Å². The first-order chi connectivity index (χ1) is 8.70. The fraction of sp³-hybridized carbons (Fsp3) is 0.308. The highest BCUT2D eigenvalue weighted by atomic mass is 16.1. The third-order valence-corrected chi connectivity index (χ3v) is 2.77. The summed E-state index contributed by atoms with van der Waals surface area (Å²) in [7, 11) is 0. The van der Waals surface area contributed by atoms with Gasteiger partial charge in [0.2, 0.25) is 5.91 Å². The lowest BCUT2D eigenvalue weighted by atomic mass is 10.1. The van der Waals surface area contributed by atoms with Gasteiger partial charge in [-0.05, 0) is 24.6 Å². The molecule has 18 heavy (non-hydrogen) atoms. The van der Waals surface area contributed by atoms with Crippen LogP contribution >= 0.6 is 0 Å². The second-order valence-electron chi connectivity index (χ2n) is 4.07. The van der Waals surface area contributed by atoms with Crippen LogP contribution in [0.5, 0.6) is 0 Å². The Hall–Kier alpha value is -2.17. The molecule has 0 radical (unpaired) electrons. The lowest BCUT2D eigenvalue weighted by Gasteiger charge is -2.14. The molecule has 5 heteroatoms. The topological polar surface area (TPSA) is 59.8 Å². The number of amides is 1. The average molecular weight is 244 g/mol. The van der Waals surface area contributed by atoms with Crippen LogP contribution in [0.2, 0.25) is 0 Å². The minimum absolute atomic E-state index is 0.0160. The van der Waals surface area contributed by atoms with E-state index in [1.54, 1.807) is 11.0 Å². The van der Waals surface area contributed by atoms with Crippen LogP contribution in [-0.4, -0.2) is 20.7 Å². The standard InChI is InChI=1S/C13H16N4O/c1-3-13(18)16-10(2)11-4-6-12(7-5-11)17-9-14-8-15-17/h4-10H,3H2,1-2H3,(H,16,18)/t10-/m1/s1. The average Bonchev–Trinajstić information content (AvgIpc) is 2.92. The van der Waals surface area contributed by atoms with Crippen LogP contribution in [0, 0.1) is 0 Å². The van der Waals surface area contributed by atoms with Crippen molar-refractivity contribution >= 4 is 5.91 Å². The first-order valence-corrected chi connectivity index (χ1v) is 5.95. The Balaban J connectivity index is 2.10. The zero-order valence-electron chi connectivity index (χ0n) is 10.5. The predicted molar refractivity (Wildman–Crippen MR) is 68.2 cm³/mol. The van der Waals surface area contributed by atoms with Gasteiger partial charge in [-0.2, -0.15) is 5.10 Å². The van der Waals surface area contributed by atoms with E-state index < -0.39 is 0 Å². The van der Waals surface area contributed by atoms with E-state index in [9.17, 15) is 4.79 Å². The fourth-order valence-electron chi connectivity index (χ4n) is 1.68. The molecule has 0 saturated carbocycles. The van der Waals surface area contributed by atoms with Gasteiger partial charge in [-0.1, -0.05) is 19.1 Å². The van der Waals surface area contributed by atoms with Gasteiger partial charge in [-0.15, -0.1) is 0 Å². The Morgan fingerprint density at radius 1 is 1.39 bits per heavy atom. The zero-order chi connectivity index (χ0) is 13.0. The highest BCUT2D eigenvalue weighted by molar-refractivity contribution is 5.76. The van der Waals surface area contributed by atoms with Gasteiger partial charge in [0, 0.05) is 6.42 Å². The highest BCUT2D eigenvalue weighted by Gasteiger charge is 2.08. The van der Waals surface area contributed by atoms with E-state index in [4.69, 9.17) is 0 Å². The monoisotopic (exact) mass is 244 g/mol. The summed E-state index contributed by atoms with van der Waals surface area (Å²) in [5, 5.41) is 6.98. The highest BCUT2D eigenvalue weighted by Crippen LogP contribution is 2.15. The van der Waals surface area contributed by atoms with E-state index in [1.165, 1.54) is 6.33 Å². The van der Waals surface area contributed by atoms with E-state index >= 15 is 0 Å². The van der Waals surface area contributed by atoms with Crippen molar-refractivity contribution < 1.29 is 4.79 Å². The fourth-order valence-corrected chi connectivity index (χ4v) is 1.68. The number of hydrogen-bond donors (Lipinski definition) is 1. The summed E-state index contributed by atoms with van der Waals surface area (Å²) in [4.78, 5) is 15.2. The van der Waals surface area contributed by atoms with E-state index in [0.29, 0.717) is 6.42 Å². The van der Waals surface area contributed by atoms with Crippen LogP contribution in [0.3, 0.4) is 0 Å². The Morgan fingerprint density at radius 2 is 2.11 bits per heavy atom. The summed E-state index contributed by atoms with van der Waals surface area (Å²) >= 11 is 0. The molecule has 0 fully saturated rings. The smallest absolute Gasteiger partial charge is 0.220 e. The number of aromatic nitrogens is 3. The van der Waals surface area contributed by atoms with Crippen LogP contribution < -0.4 is 5.32 Å². The number of carbonyl (C=O) groups is 1. The first kappa shape index (κ1) is 12.3. The van der Waals surface area contributed by atoms with Gasteiger partial charge >= 0.3 is 0 Å². The van der Waals surface area contributed by atoms with Gasteiger partial charge in [-0.25, -0.2) is 9.67 Å². The second kappa shape index (κ2) is 5.44. The number of hydrogen-bond acceptors (Lipinski definition) is 3. The lowest BCUT2D eigenvalue weighted by Crippen LogP contribution is -2.25. The van der Waals surface area contributed by atoms with Gasteiger partial charge in [0.25, 0.3) is 0 Å². The van der Waals surface area contributed by atoms with E-state index in [-0.39, 0.29) is 11.9 Å². The Labute approximate surface area is 106 Å². The largest absolute Gasteiger partial charge is 0.350 e. The molecule has 0 aliphatic rings. The second-order valence-corrected chi connectivity index (χ2v) is 4.07. The maximum atomic E-state index is 11.3. The molecule has 1 N–H and O–H groups in total. The van der Waals surface area contributed by atoms with Crippen molar-refractivity contribution in [3.8, 4) is 5.69 Å². The molecule has 5 nitrogen and oxygen atoms in total. The molecular formula is C13H16N4O. The van der Waals surface area contributed by atoms with Gasteiger partial charge in [0.15, 0.2) is 0 Å². The van der Waals surface area contributed by atoms with Crippen molar-refractivity contribution in [1.29, 1.82) is 0 Å². The van der Waals surface area contributed by atoms with E-state index in [0.717, 1.165) is 11.3 Å². The van der Waals surface area contributed by atoms with Crippen molar-refractivity contribution in [3.05, 3.63) is 42.5 Å². The number of rotatable bonds is 4. The molecular weight excluding hydrogens is 228 g/mol. The molecule has 1 amide bonds. The Morgan fingerprint density at radius 3 is 2.67 bits per heavy atom. The molecule has 0 unspecified atom stereocenters. The molecule has 0 saturated heterocycles. The number of nitrogens with one attached hydrogen (secondary N) is 1. The zero-order valence-corrected chi connectivity index (χ0v) is 10.5. The number of nitrogens with zero attached hydrogens (tertiary/aromatic N) is 3. The lowest BCUT2D eigenvalue weighted by molar-refractivity contribution is -0.121. The molecule has 0 bridgehead atoms. The van der Waals surface area contributed by atoms with Gasteiger partial charge < -0.3 is 5.32 Å².